The lowest BCUT2D eigenvalue weighted by Crippen LogP contribution is -2.24. The lowest BCUT2D eigenvalue weighted by Gasteiger charge is -2.18. The predicted octanol–water partition coefficient (Wildman–Crippen LogP) is 3.00. The molecule has 0 aliphatic rings. The third-order valence-corrected chi connectivity index (χ3v) is 2.67. The SMILES string of the molecule is COC(=O)c1ccc(CN(C)CCC(F)(F)F)cc1F. The molecule has 112 valence electrons. The van der Waals surface area contributed by atoms with Crippen LogP contribution in [0.2, 0.25) is 0 Å². The quantitative estimate of drug-likeness (QED) is 0.617. The largest absolute Gasteiger partial charge is 0.465 e. The van der Waals surface area contributed by atoms with Crippen molar-refractivity contribution in [2.45, 2.75) is 19.1 Å². The number of carbonyl (C=O) groups is 1. The van der Waals surface area contributed by atoms with Gasteiger partial charge in [0.2, 0.25) is 0 Å². The Hall–Kier alpha value is -1.63. The van der Waals surface area contributed by atoms with E-state index in [9.17, 15) is 22.4 Å². The first kappa shape index (κ1) is 16.4. The maximum Gasteiger partial charge on any atom is 0.390 e. The Morgan fingerprint density at radius 2 is 2.00 bits per heavy atom. The van der Waals surface area contributed by atoms with Crippen LogP contribution in [0.25, 0.3) is 0 Å². The van der Waals surface area contributed by atoms with Crippen molar-refractivity contribution >= 4 is 5.97 Å². The Labute approximate surface area is 114 Å². The van der Waals surface area contributed by atoms with Gasteiger partial charge in [-0.15, -0.1) is 0 Å². The van der Waals surface area contributed by atoms with Gasteiger partial charge >= 0.3 is 12.1 Å². The zero-order valence-corrected chi connectivity index (χ0v) is 11.1. The molecule has 0 saturated carbocycles. The lowest BCUT2D eigenvalue weighted by molar-refractivity contribution is -0.137. The Balaban J connectivity index is 2.65. The molecule has 0 unspecified atom stereocenters. The molecule has 1 rings (SSSR count). The fourth-order valence-corrected chi connectivity index (χ4v) is 1.64. The number of hydrogen-bond acceptors (Lipinski definition) is 3. The van der Waals surface area contributed by atoms with Gasteiger partial charge in [-0.05, 0) is 24.7 Å². The summed E-state index contributed by atoms with van der Waals surface area (Å²) in [6.45, 7) is -0.0156. The maximum absolute atomic E-state index is 13.6. The molecule has 0 aliphatic heterocycles. The number of ether oxygens (including phenoxy) is 1. The number of esters is 1. The number of alkyl halides is 3. The number of rotatable bonds is 5. The van der Waals surface area contributed by atoms with Crippen LogP contribution >= 0.6 is 0 Å². The molecule has 1 aromatic carbocycles. The van der Waals surface area contributed by atoms with Crippen molar-refractivity contribution in [3.63, 3.8) is 0 Å². The first-order valence-electron chi connectivity index (χ1n) is 5.85. The summed E-state index contributed by atoms with van der Waals surface area (Å²) in [5, 5.41) is 0. The summed E-state index contributed by atoms with van der Waals surface area (Å²) in [6.07, 6.45) is -5.14. The van der Waals surface area contributed by atoms with E-state index in [1.54, 1.807) is 0 Å². The van der Waals surface area contributed by atoms with E-state index in [-0.39, 0.29) is 18.7 Å². The van der Waals surface area contributed by atoms with Gasteiger partial charge in [-0.3, -0.25) is 0 Å². The fraction of sp³-hybridized carbons (Fsp3) is 0.462. The van der Waals surface area contributed by atoms with Crippen molar-refractivity contribution in [3.8, 4) is 0 Å². The Kier molecular flexibility index (Phi) is 5.50. The Bertz CT molecular complexity index is 474. The lowest BCUT2D eigenvalue weighted by atomic mass is 10.1. The van der Waals surface area contributed by atoms with Crippen LogP contribution in [0, 0.1) is 5.82 Å². The van der Waals surface area contributed by atoms with Crippen LogP contribution in [0.4, 0.5) is 17.6 Å². The zero-order chi connectivity index (χ0) is 15.3. The minimum absolute atomic E-state index is 0.161. The minimum atomic E-state index is -4.21. The van der Waals surface area contributed by atoms with E-state index < -0.39 is 24.4 Å². The van der Waals surface area contributed by atoms with Gasteiger partial charge < -0.3 is 9.64 Å². The number of halogens is 4. The van der Waals surface area contributed by atoms with Crippen LogP contribution in [-0.4, -0.2) is 37.7 Å². The van der Waals surface area contributed by atoms with Crippen LogP contribution in [0.1, 0.15) is 22.3 Å². The summed E-state index contributed by atoms with van der Waals surface area (Å²) in [7, 11) is 2.65. The molecule has 0 radical (unpaired) electrons. The summed E-state index contributed by atoms with van der Waals surface area (Å²) in [5.41, 5.74) is 0.286. The van der Waals surface area contributed by atoms with Gasteiger partial charge in [0, 0.05) is 13.1 Å². The normalized spacial score (nSPS) is 11.8. The molecule has 0 N–H and O–H groups in total. The molecular formula is C13H15F4NO2. The second-order valence-electron chi connectivity index (χ2n) is 4.41. The van der Waals surface area contributed by atoms with E-state index in [0.29, 0.717) is 5.56 Å². The first-order valence-corrected chi connectivity index (χ1v) is 5.85. The van der Waals surface area contributed by atoms with Gasteiger partial charge in [0.15, 0.2) is 0 Å². The second-order valence-corrected chi connectivity index (χ2v) is 4.41. The number of hydrogen-bond donors (Lipinski definition) is 0. The van der Waals surface area contributed by atoms with Gasteiger partial charge in [-0.25, -0.2) is 9.18 Å². The van der Waals surface area contributed by atoms with E-state index in [0.717, 1.165) is 13.2 Å². The number of nitrogens with zero attached hydrogens (tertiary/aromatic N) is 1. The number of carbonyl (C=O) groups excluding carboxylic acids is 1. The highest BCUT2D eigenvalue weighted by Gasteiger charge is 2.27. The van der Waals surface area contributed by atoms with Crippen molar-refractivity contribution in [2.24, 2.45) is 0 Å². The first-order chi connectivity index (χ1) is 9.23. The second kappa shape index (κ2) is 6.69. The van der Waals surface area contributed by atoms with Crippen molar-refractivity contribution in [2.75, 3.05) is 20.7 Å². The average Bonchev–Trinajstić information content (AvgIpc) is 2.35. The summed E-state index contributed by atoms with van der Waals surface area (Å²) in [5.74, 6) is -1.54. The van der Waals surface area contributed by atoms with Gasteiger partial charge in [0.05, 0.1) is 19.1 Å². The smallest absolute Gasteiger partial charge is 0.390 e. The van der Waals surface area contributed by atoms with Crippen LogP contribution in [0.3, 0.4) is 0 Å². The van der Waals surface area contributed by atoms with Gasteiger partial charge in [-0.2, -0.15) is 13.2 Å². The van der Waals surface area contributed by atoms with Crippen LogP contribution < -0.4 is 0 Å². The molecule has 0 spiro atoms. The molecule has 3 nitrogen and oxygen atoms in total. The van der Waals surface area contributed by atoms with Crippen LogP contribution in [-0.2, 0) is 11.3 Å². The molecule has 0 aromatic heterocycles. The van der Waals surface area contributed by atoms with Crippen molar-refractivity contribution in [1.82, 2.24) is 4.90 Å². The fourth-order valence-electron chi connectivity index (χ4n) is 1.64. The third-order valence-electron chi connectivity index (χ3n) is 2.67. The third kappa shape index (κ3) is 5.16. The molecule has 1 aromatic rings. The molecule has 0 heterocycles. The number of benzene rings is 1. The summed E-state index contributed by atoms with van der Waals surface area (Å²) in [6, 6.07) is 3.86. The minimum Gasteiger partial charge on any atom is -0.465 e. The predicted molar refractivity (Wildman–Crippen MR) is 64.7 cm³/mol. The number of methoxy groups -OCH3 is 1. The highest BCUT2D eigenvalue weighted by atomic mass is 19.4. The molecule has 0 amide bonds. The average molecular weight is 293 g/mol. The summed E-state index contributed by atoms with van der Waals surface area (Å²) in [4.78, 5) is 12.6. The molecule has 7 heteroatoms. The van der Waals surface area contributed by atoms with E-state index in [4.69, 9.17) is 0 Å². The van der Waals surface area contributed by atoms with Crippen molar-refractivity contribution in [1.29, 1.82) is 0 Å². The molecule has 20 heavy (non-hydrogen) atoms. The molecule has 0 bridgehead atoms. The van der Waals surface area contributed by atoms with Crippen molar-refractivity contribution in [3.05, 3.63) is 35.1 Å². The van der Waals surface area contributed by atoms with E-state index >= 15 is 0 Å². The van der Waals surface area contributed by atoms with E-state index in [2.05, 4.69) is 4.74 Å². The maximum atomic E-state index is 13.6. The molecule has 0 saturated heterocycles. The Morgan fingerprint density at radius 1 is 1.35 bits per heavy atom. The molecular weight excluding hydrogens is 278 g/mol. The van der Waals surface area contributed by atoms with Gasteiger partial charge in [0.1, 0.15) is 5.82 Å². The van der Waals surface area contributed by atoms with Crippen LogP contribution in [0.15, 0.2) is 18.2 Å². The van der Waals surface area contributed by atoms with E-state index in [1.165, 1.54) is 24.1 Å². The van der Waals surface area contributed by atoms with Crippen molar-refractivity contribution < 1.29 is 27.1 Å². The standard InChI is InChI=1S/C13H15F4NO2/c1-18(6-5-13(15,16)17)8-9-3-4-10(11(14)7-9)12(19)20-2/h3-4,7H,5-6,8H2,1-2H3. The summed E-state index contributed by atoms with van der Waals surface area (Å²) < 4.78 is 54.2. The van der Waals surface area contributed by atoms with Gasteiger partial charge in [0.25, 0.3) is 0 Å². The molecule has 0 fully saturated rings. The topological polar surface area (TPSA) is 29.5 Å². The van der Waals surface area contributed by atoms with Gasteiger partial charge in [-0.1, -0.05) is 6.07 Å². The highest BCUT2D eigenvalue weighted by Crippen LogP contribution is 2.20. The Morgan fingerprint density at radius 3 is 2.50 bits per heavy atom. The summed E-state index contributed by atoms with van der Waals surface area (Å²) >= 11 is 0. The van der Waals surface area contributed by atoms with Crippen LogP contribution in [0.5, 0.6) is 0 Å². The highest BCUT2D eigenvalue weighted by molar-refractivity contribution is 5.89. The monoisotopic (exact) mass is 293 g/mol. The molecule has 0 aliphatic carbocycles. The molecule has 0 atom stereocenters. The zero-order valence-electron chi connectivity index (χ0n) is 11.1. The van der Waals surface area contributed by atoms with E-state index in [1.807, 2.05) is 0 Å².